The topological polar surface area (TPSA) is 105 Å². The lowest BCUT2D eigenvalue weighted by atomic mass is 9.98. The highest BCUT2D eigenvalue weighted by Crippen LogP contribution is 2.44. The Balaban J connectivity index is 1.35. The van der Waals surface area contributed by atoms with E-state index >= 15 is 0 Å². The fourth-order valence-electron chi connectivity index (χ4n) is 5.14. The quantitative estimate of drug-likeness (QED) is 0.566. The summed E-state index contributed by atoms with van der Waals surface area (Å²) in [5, 5.41) is 12.3. The van der Waals surface area contributed by atoms with Gasteiger partial charge in [-0.2, -0.15) is 0 Å². The molecule has 2 N–H and O–H groups in total. The van der Waals surface area contributed by atoms with Gasteiger partial charge in [-0.15, -0.1) is 0 Å². The van der Waals surface area contributed by atoms with Gasteiger partial charge in [0.2, 0.25) is 5.91 Å². The minimum atomic E-state index is -1.36. The number of rotatable bonds is 9. The zero-order valence-corrected chi connectivity index (χ0v) is 20.2. The maximum atomic E-state index is 12.9. The molecule has 0 bridgehead atoms. The molecule has 35 heavy (non-hydrogen) atoms. The first-order valence-electron chi connectivity index (χ1n) is 12.1. The van der Waals surface area contributed by atoms with Crippen LogP contribution in [0.15, 0.2) is 48.5 Å². The number of nitrogens with one attached hydrogen (secondary N) is 1. The zero-order chi connectivity index (χ0) is 25.0. The van der Waals surface area contributed by atoms with E-state index in [2.05, 4.69) is 29.6 Å². The lowest BCUT2D eigenvalue weighted by Crippen LogP contribution is -2.45. The summed E-state index contributed by atoms with van der Waals surface area (Å²) in [7, 11) is 1.35. The van der Waals surface area contributed by atoms with Crippen LogP contribution in [-0.4, -0.2) is 66.4 Å². The average molecular weight is 481 g/mol. The fourth-order valence-corrected chi connectivity index (χ4v) is 5.14. The van der Waals surface area contributed by atoms with Crippen molar-refractivity contribution in [2.75, 3.05) is 26.8 Å². The number of methoxy groups -OCH3 is 1. The first-order valence-corrected chi connectivity index (χ1v) is 12.1. The van der Waals surface area contributed by atoms with Gasteiger partial charge in [-0.05, 0) is 28.7 Å². The number of ether oxygens (including phenoxy) is 2. The largest absolute Gasteiger partial charge is 0.479 e. The first kappa shape index (κ1) is 24.7. The highest BCUT2D eigenvalue weighted by atomic mass is 16.5. The van der Waals surface area contributed by atoms with Crippen LogP contribution in [0.3, 0.4) is 0 Å². The van der Waals surface area contributed by atoms with E-state index in [9.17, 15) is 19.5 Å². The molecule has 1 heterocycles. The van der Waals surface area contributed by atoms with Crippen LogP contribution >= 0.6 is 0 Å². The minimum absolute atomic E-state index is 0.00144. The Morgan fingerprint density at radius 2 is 1.74 bits per heavy atom. The van der Waals surface area contributed by atoms with E-state index in [-0.39, 0.29) is 37.8 Å². The molecule has 4 rings (SSSR count). The van der Waals surface area contributed by atoms with Gasteiger partial charge >= 0.3 is 12.1 Å². The summed E-state index contributed by atoms with van der Waals surface area (Å²) in [5.74, 6) is -1.32. The van der Waals surface area contributed by atoms with E-state index in [0.717, 1.165) is 28.7 Å². The number of nitrogens with zero attached hydrogens (tertiary/aromatic N) is 1. The maximum absolute atomic E-state index is 12.9. The van der Waals surface area contributed by atoms with Crippen molar-refractivity contribution in [3.8, 4) is 11.1 Å². The van der Waals surface area contributed by atoms with E-state index in [1.807, 2.05) is 31.2 Å². The number of hydrogen-bond donors (Lipinski definition) is 2. The number of amides is 2. The molecule has 8 heteroatoms. The van der Waals surface area contributed by atoms with Crippen LogP contribution in [0, 0.1) is 0 Å². The van der Waals surface area contributed by atoms with Crippen LogP contribution in [-0.2, 0) is 19.1 Å². The number of hydrogen-bond acceptors (Lipinski definition) is 5. The highest BCUT2D eigenvalue weighted by molar-refractivity contribution is 5.83. The van der Waals surface area contributed by atoms with Gasteiger partial charge in [-0.3, -0.25) is 4.79 Å². The van der Waals surface area contributed by atoms with E-state index in [1.54, 1.807) is 0 Å². The summed E-state index contributed by atoms with van der Waals surface area (Å²) >= 11 is 0. The summed E-state index contributed by atoms with van der Waals surface area (Å²) in [6, 6.07) is 15.9. The molecule has 1 saturated heterocycles. The Morgan fingerprint density at radius 3 is 2.29 bits per heavy atom. The molecule has 2 aromatic rings. The molecule has 1 aliphatic carbocycles. The fraction of sp³-hybridized carbons (Fsp3) is 0.444. The summed E-state index contributed by atoms with van der Waals surface area (Å²) < 4.78 is 10.8. The van der Waals surface area contributed by atoms with Crippen LogP contribution < -0.4 is 5.32 Å². The Bertz CT molecular complexity index is 1060. The van der Waals surface area contributed by atoms with Gasteiger partial charge in [0.25, 0.3) is 0 Å². The van der Waals surface area contributed by atoms with Crippen molar-refractivity contribution < 1.29 is 29.0 Å². The second kappa shape index (κ2) is 10.5. The molecule has 2 amide bonds. The molecule has 0 spiro atoms. The van der Waals surface area contributed by atoms with Crippen LogP contribution in [0.25, 0.3) is 11.1 Å². The molecular weight excluding hydrogens is 448 g/mol. The van der Waals surface area contributed by atoms with Crippen molar-refractivity contribution >= 4 is 18.0 Å². The Labute approximate surface area is 205 Å². The van der Waals surface area contributed by atoms with Crippen molar-refractivity contribution in [2.45, 2.75) is 50.2 Å². The number of carbonyl (C=O) groups excluding carboxylic acids is 2. The molecule has 2 aromatic carbocycles. The van der Waals surface area contributed by atoms with Gasteiger partial charge in [0, 0.05) is 38.5 Å². The molecular formula is C27H32N2O6. The number of benzene rings is 2. The molecule has 0 radical (unpaired) electrons. The molecule has 8 nitrogen and oxygen atoms in total. The minimum Gasteiger partial charge on any atom is -0.479 e. The van der Waals surface area contributed by atoms with E-state index in [4.69, 9.17) is 9.47 Å². The molecule has 186 valence electrons. The van der Waals surface area contributed by atoms with Crippen molar-refractivity contribution in [3.63, 3.8) is 0 Å². The Kier molecular flexibility index (Phi) is 7.40. The van der Waals surface area contributed by atoms with Crippen LogP contribution in [0.4, 0.5) is 4.79 Å². The van der Waals surface area contributed by atoms with E-state index in [1.165, 1.54) is 12.0 Å². The van der Waals surface area contributed by atoms with Gasteiger partial charge in [0.05, 0.1) is 6.54 Å². The number of carbonyl (C=O) groups is 3. The third-order valence-electron chi connectivity index (χ3n) is 7.09. The van der Waals surface area contributed by atoms with Crippen molar-refractivity contribution in [3.05, 3.63) is 59.7 Å². The summed E-state index contributed by atoms with van der Waals surface area (Å²) in [6.45, 7) is 2.49. The van der Waals surface area contributed by atoms with Crippen LogP contribution in [0.5, 0.6) is 0 Å². The molecule has 2 atom stereocenters. The van der Waals surface area contributed by atoms with Crippen molar-refractivity contribution in [1.29, 1.82) is 0 Å². The normalized spacial score (nSPS) is 19.7. The third kappa shape index (κ3) is 5.03. The highest BCUT2D eigenvalue weighted by Gasteiger charge is 2.46. The predicted molar refractivity (Wildman–Crippen MR) is 130 cm³/mol. The number of fused-ring (bicyclic) bond motifs is 3. The average Bonchev–Trinajstić information content (AvgIpc) is 3.44. The molecule has 2 aliphatic rings. The zero-order valence-electron chi connectivity index (χ0n) is 20.2. The Hall–Kier alpha value is -3.39. The molecule has 0 saturated carbocycles. The number of carboxylic acid groups (broad SMARTS) is 1. The van der Waals surface area contributed by atoms with Gasteiger partial charge in [-0.1, -0.05) is 61.9 Å². The molecule has 0 aromatic heterocycles. The van der Waals surface area contributed by atoms with Gasteiger partial charge in [0.15, 0.2) is 5.60 Å². The van der Waals surface area contributed by atoms with E-state index in [0.29, 0.717) is 13.0 Å². The predicted octanol–water partition coefficient (Wildman–Crippen LogP) is 3.79. The molecule has 1 unspecified atom stereocenters. The summed E-state index contributed by atoms with van der Waals surface area (Å²) in [5.41, 5.74) is 3.22. The second-order valence-corrected chi connectivity index (χ2v) is 9.23. The van der Waals surface area contributed by atoms with Gasteiger partial charge < -0.3 is 24.8 Å². The van der Waals surface area contributed by atoms with Crippen LogP contribution in [0.1, 0.15) is 49.7 Å². The number of likely N-dealkylation sites (tertiary alicyclic amines) is 1. The first-order chi connectivity index (χ1) is 16.9. The standard InChI is InChI=1S/C27H32N2O6/c1-3-8-18(15-24(30)29-14-13-27(17-29,34-2)25(31)32)28-26(33)35-16-23-21-11-6-4-9-19(21)20-10-5-7-12-22(20)23/h4-7,9-12,18,23H,3,8,13-17H2,1-2H3,(H,28,33)(H,31,32)/t18-,27?/m1/s1. The third-order valence-corrected chi connectivity index (χ3v) is 7.09. The maximum Gasteiger partial charge on any atom is 0.407 e. The number of alkyl carbamates (subject to hydrolysis) is 1. The monoisotopic (exact) mass is 480 g/mol. The SMILES string of the molecule is CCC[C@H](CC(=O)N1CCC(OC)(C(=O)O)C1)NC(=O)OCC1c2ccccc2-c2ccccc21. The Morgan fingerprint density at radius 1 is 1.11 bits per heavy atom. The second-order valence-electron chi connectivity index (χ2n) is 9.23. The smallest absolute Gasteiger partial charge is 0.407 e. The molecule has 1 fully saturated rings. The lowest BCUT2D eigenvalue weighted by Gasteiger charge is -2.25. The van der Waals surface area contributed by atoms with Crippen molar-refractivity contribution in [2.24, 2.45) is 0 Å². The van der Waals surface area contributed by atoms with Gasteiger partial charge in [-0.25, -0.2) is 9.59 Å². The van der Waals surface area contributed by atoms with E-state index < -0.39 is 23.7 Å². The van der Waals surface area contributed by atoms with Crippen molar-refractivity contribution in [1.82, 2.24) is 10.2 Å². The lowest BCUT2D eigenvalue weighted by molar-refractivity contribution is -0.161. The summed E-state index contributed by atoms with van der Waals surface area (Å²) in [6.07, 6.45) is 1.15. The number of aliphatic carboxylic acids is 1. The molecule has 1 aliphatic heterocycles. The van der Waals surface area contributed by atoms with Gasteiger partial charge in [0.1, 0.15) is 6.61 Å². The van der Waals surface area contributed by atoms with Crippen LogP contribution in [0.2, 0.25) is 0 Å². The number of carboxylic acids is 1. The summed E-state index contributed by atoms with van der Waals surface area (Å²) in [4.78, 5) is 38.7.